The van der Waals surface area contributed by atoms with Crippen molar-refractivity contribution in [3.05, 3.63) is 0 Å². The van der Waals surface area contributed by atoms with Crippen molar-refractivity contribution < 1.29 is 21.6 Å². The third-order valence-electron chi connectivity index (χ3n) is 5.63. The van der Waals surface area contributed by atoms with E-state index < -0.39 is 22.7 Å². The minimum atomic E-state index is -4.19. The Bertz CT molecular complexity index is 644. The van der Waals surface area contributed by atoms with E-state index >= 15 is 0 Å². The third kappa shape index (κ3) is 9.86. The van der Waals surface area contributed by atoms with Gasteiger partial charge < -0.3 is 10.2 Å². The first-order chi connectivity index (χ1) is 13.6. The van der Waals surface area contributed by atoms with Gasteiger partial charge in [0.2, 0.25) is 10.0 Å². The molecule has 12 heteroatoms. The minimum absolute atomic E-state index is 0. The molecule has 0 spiro atoms. The number of rotatable bonds is 10. The lowest BCUT2D eigenvalue weighted by atomic mass is 9.86. The topological polar surface area (TPSA) is 77.0 Å². The van der Waals surface area contributed by atoms with Crippen LogP contribution in [0.1, 0.15) is 32.6 Å². The number of halogens is 4. The normalized spacial score (nSPS) is 20.9. The molecule has 2 N–H and O–H groups in total. The molecule has 0 amide bonds. The van der Waals surface area contributed by atoms with E-state index in [9.17, 15) is 21.6 Å². The van der Waals surface area contributed by atoms with Crippen LogP contribution in [0.3, 0.4) is 0 Å². The highest BCUT2D eigenvalue weighted by atomic mass is 127. The van der Waals surface area contributed by atoms with Crippen molar-refractivity contribution >= 4 is 40.0 Å². The second-order valence-corrected chi connectivity index (χ2v) is 9.91. The average Bonchev–Trinajstić information content (AvgIpc) is 3.03. The zero-order chi connectivity index (χ0) is 21.5. The lowest BCUT2D eigenvalue weighted by Crippen LogP contribution is -2.44. The molecule has 1 aliphatic heterocycles. The van der Waals surface area contributed by atoms with Gasteiger partial charge >= 0.3 is 6.18 Å². The maximum Gasteiger partial charge on any atom is 0.401 e. The largest absolute Gasteiger partial charge is 0.401 e. The number of nitrogens with zero attached hydrogens (tertiary/aromatic N) is 3. The van der Waals surface area contributed by atoms with Gasteiger partial charge in [-0.25, -0.2) is 13.1 Å². The molecular formula is C18H35F3IN5O2S. The SMILES string of the molecule is CCN(CC1CCN(C(=NC)NCCS(=O)(=O)NCC2CCC2)C1)CC(F)(F)F.I. The van der Waals surface area contributed by atoms with E-state index in [0.717, 1.165) is 19.3 Å². The van der Waals surface area contributed by atoms with E-state index in [2.05, 4.69) is 15.0 Å². The van der Waals surface area contributed by atoms with Gasteiger partial charge in [-0.1, -0.05) is 13.3 Å². The van der Waals surface area contributed by atoms with E-state index in [0.29, 0.717) is 44.6 Å². The molecule has 1 atom stereocenters. The van der Waals surface area contributed by atoms with Gasteiger partial charge in [0, 0.05) is 39.8 Å². The summed E-state index contributed by atoms with van der Waals surface area (Å²) < 4.78 is 64.8. The highest BCUT2D eigenvalue weighted by molar-refractivity contribution is 14.0. The van der Waals surface area contributed by atoms with E-state index in [-0.39, 0.29) is 42.2 Å². The fourth-order valence-electron chi connectivity index (χ4n) is 3.74. The van der Waals surface area contributed by atoms with Crippen LogP contribution < -0.4 is 10.0 Å². The fraction of sp³-hybridized carbons (Fsp3) is 0.944. The van der Waals surface area contributed by atoms with Crippen molar-refractivity contribution in [3.8, 4) is 0 Å². The molecule has 1 unspecified atom stereocenters. The van der Waals surface area contributed by atoms with Crippen LogP contribution in [0.4, 0.5) is 13.2 Å². The molecule has 0 aromatic heterocycles. The van der Waals surface area contributed by atoms with Gasteiger partial charge in [-0.3, -0.25) is 9.89 Å². The van der Waals surface area contributed by atoms with Gasteiger partial charge in [-0.2, -0.15) is 13.2 Å². The van der Waals surface area contributed by atoms with Crippen molar-refractivity contribution in [1.82, 2.24) is 19.8 Å². The number of nitrogens with one attached hydrogen (secondary N) is 2. The minimum Gasteiger partial charge on any atom is -0.355 e. The Balaban J connectivity index is 0.00000450. The predicted molar refractivity (Wildman–Crippen MR) is 124 cm³/mol. The number of guanidine groups is 1. The van der Waals surface area contributed by atoms with Crippen LogP contribution in [0.5, 0.6) is 0 Å². The third-order valence-corrected chi connectivity index (χ3v) is 6.98. The molecule has 2 fully saturated rings. The zero-order valence-corrected chi connectivity index (χ0v) is 20.9. The molecule has 7 nitrogen and oxygen atoms in total. The van der Waals surface area contributed by atoms with Crippen LogP contribution in [-0.2, 0) is 10.0 Å². The second kappa shape index (κ2) is 12.6. The molecular weight excluding hydrogens is 534 g/mol. The summed E-state index contributed by atoms with van der Waals surface area (Å²) in [6, 6.07) is 0. The number of hydrogen-bond acceptors (Lipinski definition) is 4. The van der Waals surface area contributed by atoms with Gasteiger partial charge in [0.1, 0.15) is 0 Å². The van der Waals surface area contributed by atoms with Gasteiger partial charge in [-0.15, -0.1) is 24.0 Å². The van der Waals surface area contributed by atoms with Gasteiger partial charge in [0.05, 0.1) is 12.3 Å². The number of alkyl halides is 3. The number of aliphatic imine (C=N–C) groups is 1. The van der Waals surface area contributed by atoms with E-state index in [4.69, 9.17) is 0 Å². The molecule has 2 aliphatic rings. The van der Waals surface area contributed by atoms with Crippen molar-refractivity contribution in [2.45, 2.75) is 38.8 Å². The average molecular weight is 569 g/mol. The predicted octanol–water partition coefficient (Wildman–Crippen LogP) is 2.11. The number of hydrogen-bond donors (Lipinski definition) is 2. The van der Waals surface area contributed by atoms with E-state index in [1.165, 1.54) is 11.3 Å². The first-order valence-electron chi connectivity index (χ1n) is 10.3. The van der Waals surface area contributed by atoms with Crippen molar-refractivity contribution in [2.75, 3.05) is 58.6 Å². The molecule has 178 valence electrons. The maximum atomic E-state index is 12.6. The number of likely N-dealkylation sites (tertiary alicyclic amines) is 1. The van der Waals surface area contributed by atoms with Crippen molar-refractivity contribution in [2.24, 2.45) is 16.8 Å². The van der Waals surface area contributed by atoms with E-state index in [1.54, 1.807) is 14.0 Å². The lowest BCUT2D eigenvalue weighted by Gasteiger charge is -2.26. The zero-order valence-electron chi connectivity index (χ0n) is 17.7. The van der Waals surface area contributed by atoms with Gasteiger partial charge in [-0.05, 0) is 37.6 Å². The van der Waals surface area contributed by atoms with Crippen molar-refractivity contribution in [1.29, 1.82) is 0 Å². The summed E-state index contributed by atoms with van der Waals surface area (Å²) in [5.74, 6) is 1.15. The summed E-state index contributed by atoms with van der Waals surface area (Å²) in [4.78, 5) is 7.61. The standard InChI is InChI=1S/C18H34F3N5O2S.HI/c1-3-25(14-18(19,20)21)12-16-7-9-26(13-16)17(22-2)23-8-10-29(27,28)24-11-15-5-4-6-15;/h15-16,24H,3-14H2,1-2H3,(H,22,23);1H. The molecule has 0 radical (unpaired) electrons. The Morgan fingerprint density at radius 1 is 1.23 bits per heavy atom. The quantitative estimate of drug-likeness (QED) is 0.240. The van der Waals surface area contributed by atoms with Crippen LogP contribution in [0, 0.1) is 11.8 Å². The number of sulfonamides is 1. The summed E-state index contributed by atoms with van der Waals surface area (Å²) in [5.41, 5.74) is 0. The highest BCUT2D eigenvalue weighted by Gasteiger charge is 2.33. The Kier molecular flexibility index (Phi) is 11.7. The molecule has 0 aromatic rings. The maximum absolute atomic E-state index is 12.6. The lowest BCUT2D eigenvalue weighted by molar-refractivity contribution is -0.146. The molecule has 1 saturated carbocycles. The molecule has 2 rings (SSSR count). The first-order valence-corrected chi connectivity index (χ1v) is 12.0. The summed E-state index contributed by atoms with van der Waals surface area (Å²) in [6.07, 6.45) is -0.0579. The highest BCUT2D eigenvalue weighted by Crippen LogP contribution is 2.25. The van der Waals surface area contributed by atoms with Gasteiger partial charge in [0.15, 0.2) is 5.96 Å². The second-order valence-electron chi connectivity index (χ2n) is 7.98. The monoisotopic (exact) mass is 569 g/mol. The van der Waals surface area contributed by atoms with Crippen LogP contribution in [0.25, 0.3) is 0 Å². The molecule has 0 aromatic carbocycles. The van der Waals surface area contributed by atoms with Crippen molar-refractivity contribution in [3.63, 3.8) is 0 Å². The molecule has 1 aliphatic carbocycles. The molecule has 30 heavy (non-hydrogen) atoms. The summed E-state index contributed by atoms with van der Waals surface area (Å²) in [5, 5.41) is 3.07. The van der Waals surface area contributed by atoms with Crippen LogP contribution in [0.15, 0.2) is 4.99 Å². The Labute approximate surface area is 195 Å². The Hall–Kier alpha value is -0.340. The molecule has 1 heterocycles. The summed E-state index contributed by atoms with van der Waals surface area (Å²) in [6.45, 7) is 3.65. The van der Waals surface area contributed by atoms with E-state index in [1.807, 2.05) is 4.90 Å². The summed E-state index contributed by atoms with van der Waals surface area (Å²) in [7, 11) is -1.70. The molecule has 0 bridgehead atoms. The smallest absolute Gasteiger partial charge is 0.355 e. The first kappa shape index (κ1) is 27.7. The Morgan fingerprint density at radius 3 is 2.47 bits per heavy atom. The molecule has 1 saturated heterocycles. The summed E-state index contributed by atoms with van der Waals surface area (Å²) >= 11 is 0. The van der Waals surface area contributed by atoms with Crippen LogP contribution in [-0.4, -0.2) is 89.0 Å². The Morgan fingerprint density at radius 2 is 1.93 bits per heavy atom. The van der Waals surface area contributed by atoms with Gasteiger partial charge in [0.25, 0.3) is 0 Å². The van der Waals surface area contributed by atoms with Crippen LogP contribution in [0.2, 0.25) is 0 Å². The fourth-order valence-corrected chi connectivity index (χ4v) is 4.75. The van der Waals surface area contributed by atoms with Crippen LogP contribution >= 0.6 is 24.0 Å².